The summed E-state index contributed by atoms with van der Waals surface area (Å²) in [6.07, 6.45) is 3.31. The molecule has 1 N–H and O–H groups in total. The first-order valence-electron chi connectivity index (χ1n) is 6.51. The van der Waals surface area contributed by atoms with Crippen molar-refractivity contribution >= 4 is 21.9 Å². The first kappa shape index (κ1) is 14.4. The van der Waals surface area contributed by atoms with Crippen molar-refractivity contribution in [1.29, 1.82) is 0 Å². The minimum atomic E-state index is -0.776. The van der Waals surface area contributed by atoms with Gasteiger partial charge in [-0.1, -0.05) is 34.8 Å². The smallest absolute Gasteiger partial charge is 0.314 e. The first-order chi connectivity index (χ1) is 8.94. The molecule has 1 aliphatic carbocycles. The van der Waals surface area contributed by atoms with Crippen LogP contribution in [0, 0.1) is 13.8 Å². The van der Waals surface area contributed by atoms with Gasteiger partial charge in [0.25, 0.3) is 0 Å². The fraction of sp³-hybridized carbons (Fsp3) is 0.533. The Morgan fingerprint density at radius 1 is 1.37 bits per heavy atom. The van der Waals surface area contributed by atoms with Gasteiger partial charge in [-0.25, -0.2) is 0 Å². The monoisotopic (exact) mass is 326 g/mol. The van der Waals surface area contributed by atoms with Gasteiger partial charge in [0.2, 0.25) is 0 Å². The zero-order valence-electron chi connectivity index (χ0n) is 11.5. The Morgan fingerprint density at radius 3 is 2.42 bits per heavy atom. The molecule has 0 amide bonds. The van der Waals surface area contributed by atoms with E-state index < -0.39 is 11.4 Å². The second-order valence-corrected chi connectivity index (χ2v) is 6.10. The van der Waals surface area contributed by atoms with Gasteiger partial charge in [-0.15, -0.1) is 0 Å². The number of carbonyl (C=O) groups is 1. The molecule has 0 atom stereocenters. The summed E-state index contributed by atoms with van der Waals surface area (Å²) in [5.74, 6) is -0.0220. The average Bonchev–Trinajstić information content (AvgIpc) is 2.86. The van der Waals surface area contributed by atoms with Gasteiger partial charge >= 0.3 is 5.97 Å². The predicted octanol–water partition coefficient (Wildman–Crippen LogP) is 3.97. The molecular formula is C15H19BrO3. The molecule has 0 aliphatic heterocycles. The van der Waals surface area contributed by atoms with E-state index in [0.717, 1.165) is 34.0 Å². The van der Waals surface area contributed by atoms with Crippen molar-refractivity contribution in [3.8, 4) is 5.75 Å². The number of benzene rings is 1. The highest BCUT2D eigenvalue weighted by molar-refractivity contribution is 9.10. The van der Waals surface area contributed by atoms with Gasteiger partial charge in [-0.2, -0.15) is 0 Å². The zero-order chi connectivity index (χ0) is 14.2. The summed E-state index contributed by atoms with van der Waals surface area (Å²) in [5.41, 5.74) is 2.09. The lowest BCUT2D eigenvalue weighted by Gasteiger charge is -2.28. The number of carboxylic acid groups (broad SMARTS) is 1. The maximum Gasteiger partial charge on any atom is 0.314 e. The molecule has 0 aromatic heterocycles. The number of carboxylic acids is 1. The number of halogens is 1. The Morgan fingerprint density at radius 2 is 1.95 bits per heavy atom. The second-order valence-electron chi connectivity index (χ2n) is 5.31. The fourth-order valence-electron chi connectivity index (χ4n) is 3.14. The molecule has 1 aliphatic rings. The van der Waals surface area contributed by atoms with E-state index in [1.54, 1.807) is 7.11 Å². The molecule has 1 fully saturated rings. The van der Waals surface area contributed by atoms with Crippen LogP contribution >= 0.6 is 15.9 Å². The van der Waals surface area contributed by atoms with Crippen molar-refractivity contribution in [2.24, 2.45) is 0 Å². The summed E-state index contributed by atoms with van der Waals surface area (Å²) in [4.78, 5) is 11.8. The molecular weight excluding hydrogens is 308 g/mol. The molecule has 0 unspecified atom stereocenters. The Labute approximate surface area is 122 Å². The summed E-state index contributed by atoms with van der Waals surface area (Å²) < 4.78 is 6.50. The van der Waals surface area contributed by atoms with E-state index in [0.29, 0.717) is 18.6 Å². The van der Waals surface area contributed by atoms with Gasteiger partial charge in [-0.05, 0) is 32.3 Å². The lowest BCUT2D eigenvalue weighted by Crippen LogP contribution is -2.33. The van der Waals surface area contributed by atoms with Crippen LogP contribution in [0.1, 0.15) is 42.4 Å². The molecule has 2 rings (SSSR count). The Kier molecular flexibility index (Phi) is 3.90. The topological polar surface area (TPSA) is 46.5 Å². The van der Waals surface area contributed by atoms with E-state index in [2.05, 4.69) is 15.9 Å². The van der Waals surface area contributed by atoms with E-state index >= 15 is 0 Å². The van der Waals surface area contributed by atoms with Crippen molar-refractivity contribution < 1.29 is 14.6 Å². The highest BCUT2D eigenvalue weighted by Gasteiger charge is 2.45. The minimum absolute atomic E-state index is 0.694. The summed E-state index contributed by atoms with van der Waals surface area (Å²) in [5, 5.41) is 9.72. The Bertz CT molecular complexity index is 517. The molecule has 1 aromatic rings. The van der Waals surface area contributed by atoms with Crippen molar-refractivity contribution in [3.63, 3.8) is 0 Å². The standard InChI is InChI=1S/C15H19BrO3/c1-9-8-11(13(19-3)10(2)12(9)16)15(14(17)18)6-4-5-7-15/h8H,4-7H2,1-3H3,(H,17,18). The Hall–Kier alpha value is -1.03. The normalized spacial score (nSPS) is 17.5. The van der Waals surface area contributed by atoms with Gasteiger partial charge in [-0.3, -0.25) is 4.79 Å². The molecule has 0 bridgehead atoms. The third-order valence-electron chi connectivity index (χ3n) is 4.21. The maximum atomic E-state index is 11.8. The van der Waals surface area contributed by atoms with Crippen LogP contribution in [0.4, 0.5) is 0 Å². The molecule has 0 radical (unpaired) electrons. The molecule has 1 saturated carbocycles. The highest BCUT2D eigenvalue weighted by Crippen LogP contribution is 2.47. The van der Waals surface area contributed by atoms with E-state index in [1.165, 1.54) is 0 Å². The van der Waals surface area contributed by atoms with Crippen molar-refractivity contribution in [2.45, 2.75) is 44.9 Å². The summed E-state index contributed by atoms with van der Waals surface area (Å²) in [6, 6.07) is 1.97. The van der Waals surface area contributed by atoms with E-state index in [4.69, 9.17) is 4.74 Å². The van der Waals surface area contributed by atoms with Crippen LogP contribution in [0.25, 0.3) is 0 Å². The number of ether oxygens (including phenoxy) is 1. The SMILES string of the molecule is COc1c(C2(C(=O)O)CCCC2)cc(C)c(Br)c1C. The van der Waals surface area contributed by atoms with Crippen LogP contribution in [0.5, 0.6) is 5.75 Å². The number of hydrogen-bond acceptors (Lipinski definition) is 2. The molecule has 0 heterocycles. The second kappa shape index (κ2) is 5.16. The largest absolute Gasteiger partial charge is 0.496 e. The molecule has 104 valence electrons. The van der Waals surface area contributed by atoms with Crippen molar-refractivity contribution in [3.05, 3.63) is 27.2 Å². The van der Waals surface area contributed by atoms with E-state index in [-0.39, 0.29) is 0 Å². The van der Waals surface area contributed by atoms with E-state index in [9.17, 15) is 9.90 Å². The number of aryl methyl sites for hydroxylation is 1. The number of rotatable bonds is 3. The highest BCUT2D eigenvalue weighted by atomic mass is 79.9. The average molecular weight is 327 g/mol. The molecule has 0 saturated heterocycles. The van der Waals surface area contributed by atoms with Gasteiger partial charge in [0, 0.05) is 15.6 Å². The van der Waals surface area contributed by atoms with Crippen molar-refractivity contribution in [1.82, 2.24) is 0 Å². The van der Waals surface area contributed by atoms with Crippen molar-refractivity contribution in [2.75, 3.05) is 7.11 Å². The van der Waals surface area contributed by atoms with Gasteiger partial charge in [0.1, 0.15) is 5.75 Å². The third kappa shape index (κ3) is 2.16. The molecule has 1 aromatic carbocycles. The fourth-order valence-corrected chi connectivity index (χ4v) is 3.43. The van der Waals surface area contributed by atoms with Crippen LogP contribution in [0.2, 0.25) is 0 Å². The number of aliphatic carboxylic acids is 1. The lowest BCUT2D eigenvalue weighted by atomic mass is 9.77. The van der Waals surface area contributed by atoms with Crippen LogP contribution in [0.15, 0.2) is 10.5 Å². The van der Waals surface area contributed by atoms with Crippen LogP contribution in [-0.4, -0.2) is 18.2 Å². The van der Waals surface area contributed by atoms with Crippen LogP contribution < -0.4 is 4.74 Å². The van der Waals surface area contributed by atoms with E-state index in [1.807, 2.05) is 19.9 Å². The summed E-state index contributed by atoms with van der Waals surface area (Å²) >= 11 is 3.54. The molecule has 0 spiro atoms. The van der Waals surface area contributed by atoms with Crippen LogP contribution in [-0.2, 0) is 10.2 Å². The number of methoxy groups -OCH3 is 1. The zero-order valence-corrected chi connectivity index (χ0v) is 13.1. The quantitative estimate of drug-likeness (QED) is 0.914. The molecule has 3 nitrogen and oxygen atoms in total. The first-order valence-corrected chi connectivity index (χ1v) is 7.31. The van der Waals surface area contributed by atoms with Gasteiger partial charge < -0.3 is 9.84 Å². The molecule has 19 heavy (non-hydrogen) atoms. The minimum Gasteiger partial charge on any atom is -0.496 e. The Balaban J connectivity index is 2.70. The summed E-state index contributed by atoms with van der Waals surface area (Å²) in [7, 11) is 1.61. The lowest BCUT2D eigenvalue weighted by molar-refractivity contribution is -0.143. The third-order valence-corrected chi connectivity index (χ3v) is 5.43. The summed E-state index contributed by atoms with van der Waals surface area (Å²) in [6.45, 7) is 3.95. The molecule has 4 heteroatoms. The predicted molar refractivity (Wildman–Crippen MR) is 77.9 cm³/mol. The number of hydrogen-bond donors (Lipinski definition) is 1. The van der Waals surface area contributed by atoms with Gasteiger partial charge in [0.05, 0.1) is 12.5 Å². The van der Waals surface area contributed by atoms with Crippen LogP contribution in [0.3, 0.4) is 0 Å². The maximum absolute atomic E-state index is 11.8. The van der Waals surface area contributed by atoms with Gasteiger partial charge in [0.15, 0.2) is 0 Å².